The van der Waals surface area contributed by atoms with E-state index in [1.54, 1.807) is 18.2 Å². The maximum absolute atomic E-state index is 11.6. The third-order valence-corrected chi connectivity index (χ3v) is 6.76. The van der Waals surface area contributed by atoms with Gasteiger partial charge in [0, 0.05) is 0 Å². The van der Waals surface area contributed by atoms with E-state index in [2.05, 4.69) is 27.0 Å². The van der Waals surface area contributed by atoms with Gasteiger partial charge < -0.3 is 19.7 Å². The highest BCUT2D eigenvalue weighted by molar-refractivity contribution is 5.76. The Morgan fingerprint density at radius 2 is 1.21 bits per heavy atom. The summed E-state index contributed by atoms with van der Waals surface area (Å²) >= 11 is 0. The molecule has 6 heteroatoms. The van der Waals surface area contributed by atoms with E-state index >= 15 is 0 Å². The number of hydrogen-bond donors (Lipinski definition) is 2. The number of carbonyl (C=O) groups is 2. The van der Waals surface area contributed by atoms with Crippen LogP contribution in [0.25, 0.3) is 0 Å². The van der Waals surface area contributed by atoms with Crippen LogP contribution in [0.4, 0.5) is 0 Å². The summed E-state index contributed by atoms with van der Waals surface area (Å²) in [6.45, 7) is 32.9. The molecule has 0 aliphatic heterocycles. The van der Waals surface area contributed by atoms with Gasteiger partial charge in [0.15, 0.2) is 0 Å². The summed E-state index contributed by atoms with van der Waals surface area (Å²) < 4.78 is 10.3. The summed E-state index contributed by atoms with van der Waals surface area (Å²) in [5, 5.41) is 17.3. The standard InChI is InChI=1S/C14H14O2.C14H24O2.C9H16O.C6H8O.4C2H6/c15-14(11-12-7-3-1-4-8-12)16-13-9-5-2-6-10-13;1-6-7-8-9-10-11-12(2)16-13(15)14(3,4)5;1-3-4-5-6-7-8-9(2)10;7-6-4-2-1-3-5-6;4*1-2/h1,3-5,7-10H,2,6,11H2;10-11H,2,6-9H2,1,3-5H3;7-8,10H,2-6H2,1H3;2,4-5,7H,1,3H2;4*1-2H3/b;11-10+;8-7+;;;;;. The summed E-state index contributed by atoms with van der Waals surface area (Å²) in [5.41, 5.74) is 0.506. The molecule has 0 amide bonds. The number of allylic oxidation sites excluding steroid dienone is 10. The van der Waals surface area contributed by atoms with Crippen LogP contribution in [-0.4, -0.2) is 22.2 Å². The van der Waals surface area contributed by atoms with Crippen molar-refractivity contribution in [2.75, 3.05) is 0 Å². The number of esters is 2. The zero-order valence-electron chi connectivity index (χ0n) is 38.8. The quantitative estimate of drug-likeness (QED) is 0.0843. The molecule has 0 atom stereocenters. The molecule has 326 valence electrons. The van der Waals surface area contributed by atoms with Gasteiger partial charge in [0.2, 0.25) is 0 Å². The summed E-state index contributed by atoms with van der Waals surface area (Å²) in [4.78, 5) is 23.1. The highest BCUT2D eigenvalue weighted by atomic mass is 16.5. The Hall–Kier alpha value is -4.32. The molecule has 0 bridgehead atoms. The molecule has 57 heavy (non-hydrogen) atoms. The van der Waals surface area contributed by atoms with E-state index in [-0.39, 0.29) is 17.7 Å². The number of unbranched alkanes of at least 4 members (excludes halogenated alkanes) is 6. The highest BCUT2D eigenvalue weighted by Crippen LogP contribution is 2.17. The normalized spacial score (nSPS) is 11.9. The molecule has 6 nitrogen and oxygen atoms in total. The molecular weight excluding hydrogens is 709 g/mol. The van der Waals surface area contributed by atoms with Gasteiger partial charge in [0.05, 0.1) is 11.8 Å². The van der Waals surface area contributed by atoms with Crippen LogP contribution in [-0.2, 0) is 25.5 Å². The maximum Gasteiger partial charge on any atom is 0.316 e. The highest BCUT2D eigenvalue weighted by Gasteiger charge is 2.23. The topological polar surface area (TPSA) is 93.1 Å². The molecule has 2 N–H and O–H groups in total. The Labute approximate surface area is 352 Å². The lowest BCUT2D eigenvalue weighted by Gasteiger charge is -2.16. The van der Waals surface area contributed by atoms with Crippen molar-refractivity contribution in [1.29, 1.82) is 0 Å². The number of ether oxygens (including phenoxy) is 2. The van der Waals surface area contributed by atoms with Gasteiger partial charge in [-0.05, 0) is 114 Å². The molecule has 0 aromatic heterocycles. The number of aliphatic hydroxyl groups is 2. The fourth-order valence-electron chi connectivity index (χ4n) is 3.96. The minimum absolute atomic E-state index is 0.150. The zero-order chi connectivity index (χ0) is 44.8. The minimum atomic E-state index is -0.473. The first-order valence-corrected chi connectivity index (χ1v) is 21.7. The smallest absolute Gasteiger partial charge is 0.316 e. The third kappa shape index (κ3) is 47.8. The number of aliphatic hydroxyl groups excluding tert-OH is 2. The third-order valence-electron chi connectivity index (χ3n) is 6.76. The van der Waals surface area contributed by atoms with Crippen LogP contribution >= 0.6 is 0 Å². The van der Waals surface area contributed by atoms with E-state index in [1.165, 1.54) is 38.5 Å². The second-order valence-corrected chi connectivity index (χ2v) is 12.7. The van der Waals surface area contributed by atoms with Crippen LogP contribution in [0.1, 0.15) is 173 Å². The summed E-state index contributed by atoms with van der Waals surface area (Å²) in [5.74, 6) is 1.21. The van der Waals surface area contributed by atoms with E-state index in [4.69, 9.17) is 19.7 Å². The predicted octanol–water partition coefficient (Wildman–Crippen LogP) is 16.3. The molecule has 0 saturated heterocycles. The van der Waals surface area contributed by atoms with Gasteiger partial charge in [-0.25, -0.2) is 0 Å². The number of carbonyl (C=O) groups excluding carboxylic acids is 2. The summed E-state index contributed by atoms with van der Waals surface area (Å²) in [6.07, 6.45) is 32.5. The first kappa shape index (κ1) is 61.9. The Morgan fingerprint density at radius 1 is 0.719 bits per heavy atom. The van der Waals surface area contributed by atoms with Gasteiger partial charge in [0.1, 0.15) is 23.0 Å². The van der Waals surface area contributed by atoms with Crippen LogP contribution < -0.4 is 0 Å². The van der Waals surface area contributed by atoms with E-state index in [1.807, 2.05) is 149 Å². The molecule has 2 aliphatic carbocycles. The Balaban J connectivity index is -0.000000205. The van der Waals surface area contributed by atoms with Gasteiger partial charge in [0.25, 0.3) is 0 Å². The molecule has 0 saturated carbocycles. The molecule has 0 radical (unpaired) electrons. The molecule has 0 heterocycles. The van der Waals surface area contributed by atoms with E-state index in [0.717, 1.165) is 44.1 Å². The van der Waals surface area contributed by atoms with Crippen LogP contribution in [0.15, 0.2) is 127 Å². The van der Waals surface area contributed by atoms with Crippen LogP contribution in [0.5, 0.6) is 0 Å². The lowest BCUT2D eigenvalue weighted by Crippen LogP contribution is -2.22. The van der Waals surface area contributed by atoms with Crippen LogP contribution in [0, 0.1) is 5.41 Å². The average Bonchev–Trinajstić information content (AvgIpc) is 3.22. The first-order chi connectivity index (χ1) is 27.4. The second kappa shape index (κ2) is 47.8. The molecular formula is C51H86O6. The van der Waals surface area contributed by atoms with Crippen molar-refractivity contribution in [3.63, 3.8) is 0 Å². The summed E-state index contributed by atoms with van der Waals surface area (Å²) in [7, 11) is 0. The van der Waals surface area contributed by atoms with Gasteiger partial charge >= 0.3 is 11.9 Å². The molecule has 0 unspecified atom stereocenters. The molecule has 1 aromatic rings. The van der Waals surface area contributed by atoms with E-state index < -0.39 is 5.41 Å². The lowest BCUT2D eigenvalue weighted by molar-refractivity contribution is -0.148. The van der Waals surface area contributed by atoms with E-state index in [0.29, 0.717) is 23.7 Å². The predicted molar refractivity (Wildman–Crippen MR) is 250 cm³/mol. The molecule has 0 spiro atoms. The van der Waals surface area contributed by atoms with Crippen molar-refractivity contribution in [3.8, 4) is 0 Å². The Bertz CT molecular complexity index is 1270. The number of hydrogen-bond acceptors (Lipinski definition) is 6. The monoisotopic (exact) mass is 795 g/mol. The van der Waals surface area contributed by atoms with Crippen molar-refractivity contribution in [2.45, 2.75) is 173 Å². The molecule has 1 aromatic carbocycles. The first-order valence-electron chi connectivity index (χ1n) is 21.7. The lowest BCUT2D eigenvalue weighted by atomic mass is 9.97. The number of benzene rings is 1. The Morgan fingerprint density at radius 3 is 1.60 bits per heavy atom. The fourth-order valence-corrected chi connectivity index (χ4v) is 3.96. The fraction of sp³-hybridized carbons (Fsp3) is 0.529. The SMILES string of the molecule is C=C(/C=C/CCCCC)OC(=O)C(C)(C)C.C=C(O)/C=C/CCCCC.CC.CC.CC.CC.O=C(Cc1ccccc1)OC1=CCCC=C1.OC1=CCCC=C1. The van der Waals surface area contributed by atoms with Crippen molar-refractivity contribution < 1.29 is 29.3 Å². The number of rotatable bonds is 14. The van der Waals surface area contributed by atoms with Gasteiger partial charge in [-0.3, -0.25) is 9.59 Å². The average molecular weight is 795 g/mol. The minimum Gasteiger partial charge on any atom is -0.509 e. The van der Waals surface area contributed by atoms with Gasteiger partial charge in [-0.2, -0.15) is 0 Å². The van der Waals surface area contributed by atoms with Gasteiger partial charge in [-0.1, -0.05) is 163 Å². The van der Waals surface area contributed by atoms with Crippen molar-refractivity contribution in [1.82, 2.24) is 0 Å². The molecule has 0 fully saturated rings. The van der Waals surface area contributed by atoms with Crippen molar-refractivity contribution in [2.24, 2.45) is 5.41 Å². The second-order valence-electron chi connectivity index (χ2n) is 12.7. The Kier molecular flexibility index (Phi) is 51.9. The van der Waals surface area contributed by atoms with Crippen molar-refractivity contribution >= 4 is 11.9 Å². The largest absolute Gasteiger partial charge is 0.509 e. The zero-order valence-corrected chi connectivity index (χ0v) is 38.8. The van der Waals surface area contributed by atoms with Crippen LogP contribution in [0.2, 0.25) is 0 Å². The van der Waals surface area contributed by atoms with Crippen LogP contribution in [0.3, 0.4) is 0 Å². The molecule has 2 aliphatic rings. The maximum atomic E-state index is 11.6. The van der Waals surface area contributed by atoms with Crippen molar-refractivity contribution in [3.05, 3.63) is 133 Å². The van der Waals surface area contributed by atoms with Gasteiger partial charge in [-0.15, -0.1) is 0 Å². The molecule has 3 rings (SSSR count). The summed E-state index contributed by atoms with van der Waals surface area (Å²) in [6, 6.07) is 9.62. The van der Waals surface area contributed by atoms with E-state index in [9.17, 15) is 9.59 Å².